The summed E-state index contributed by atoms with van der Waals surface area (Å²) in [6, 6.07) is 0. The number of carbonyl (C=O) groups is 1. The van der Waals surface area contributed by atoms with Crippen LogP contribution in [0.25, 0.3) is 0 Å². The van der Waals surface area contributed by atoms with E-state index >= 15 is 0 Å². The van der Waals surface area contributed by atoms with Crippen LogP contribution in [0.5, 0.6) is 0 Å². The van der Waals surface area contributed by atoms with Crippen LogP contribution >= 0.6 is 0 Å². The highest BCUT2D eigenvalue weighted by molar-refractivity contribution is 5.84. The van der Waals surface area contributed by atoms with Crippen LogP contribution in [0.3, 0.4) is 0 Å². The van der Waals surface area contributed by atoms with E-state index < -0.39 is 0 Å². The molecule has 112 valence electrons. The molecule has 4 saturated carbocycles. The summed E-state index contributed by atoms with van der Waals surface area (Å²) >= 11 is 0. The fraction of sp³-hybridized carbons (Fsp3) is 0.867. The number of amidine groups is 1. The van der Waals surface area contributed by atoms with Crippen LogP contribution < -0.4 is 5.73 Å². The average Bonchev–Trinajstić information content (AvgIpc) is 2.42. The van der Waals surface area contributed by atoms with Gasteiger partial charge in [-0.15, -0.1) is 0 Å². The van der Waals surface area contributed by atoms with Crippen molar-refractivity contribution in [1.29, 1.82) is 0 Å². The molecule has 4 rings (SSSR count). The Hall–Kier alpha value is -1.26. The molecule has 4 aliphatic carbocycles. The average molecular weight is 279 g/mol. The first kappa shape index (κ1) is 13.7. The van der Waals surface area contributed by atoms with Crippen molar-refractivity contribution in [3.05, 3.63) is 0 Å². The Labute approximate surface area is 120 Å². The highest BCUT2D eigenvalue weighted by atomic mass is 16.4. The number of nitrogens with two attached hydrogens (primary N) is 1. The van der Waals surface area contributed by atoms with E-state index in [1.165, 1.54) is 19.3 Å². The van der Waals surface area contributed by atoms with Crippen molar-refractivity contribution >= 4 is 11.7 Å². The van der Waals surface area contributed by atoms with E-state index in [0.29, 0.717) is 18.9 Å². The van der Waals surface area contributed by atoms with Crippen LogP contribution in [-0.2, 0) is 4.79 Å². The lowest BCUT2D eigenvalue weighted by Gasteiger charge is -2.56. The number of nitrogens with zero attached hydrogens (tertiary/aromatic N) is 2. The topological polar surface area (TPSA) is 78.9 Å². The zero-order chi connectivity index (χ0) is 14.3. The number of amides is 1. The second-order valence-corrected chi connectivity index (χ2v) is 7.27. The Balaban J connectivity index is 1.67. The summed E-state index contributed by atoms with van der Waals surface area (Å²) in [4.78, 5) is 14.7. The molecule has 4 fully saturated rings. The van der Waals surface area contributed by atoms with E-state index in [-0.39, 0.29) is 11.3 Å². The standard InChI is InChI=1S/C15H25N3O2/c1-18(3-2-13(16)17-20)14(19)15-7-10-4-11(8-15)6-12(5-10)9-15/h10-12,20H,2-9H2,1H3,(H2,16,17). The van der Waals surface area contributed by atoms with Gasteiger partial charge in [0.2, 0.25) is 5.91 Å². The molecule has 20 heavy (non-hydrogen) atoms. The van der Waals surface area contributed by atoms with Gasteiger partial charge in [0.15, 0.2) is 0 Å². The third-order valence-electron chi connectivity index (χ3n) is 5.67. The first-order valence-electron chi connectivity index (χ1n) is 7.74. The molecule has 0 aliphatic heterocycles. The third-order valence-corrected chi connectivity index (χ3v) is 5.67. The maximum Gasteiger partial charge on any atom is 0.228 e. The fourth-order valence-corrected chi connectivity index (χ4v) is 5.21. The molecule has 0 aromatic rings. The minimum atomic E-state index is -0.0887. The molecule has 4 bridgehead atoms. The maximum atomic E-state index is 12.9. The van der Waals surface area contributed by atoms with Crippen LogP contribution in [0.1, 0.15) is 44.9 Å². The Morgan fingerprint density at radius 3 is 2.20 bits per heavy atom. The highest BCUT2D eigenvalue weighted by Crippen LogP contribution is 2.60. The molecule has 4 aliphatic rings. The molecule has 0 aromatic heterocycles. The quantitative estimate of drug-likeness (QED) is 0.356. The highest BCUT2D eigenvalue weighted by Gasteiger charge is 2.55. The molecule has 0 aromatic carbocycles. The maximum absolute atomic E-state index is 12.9. The summed E-state index contributed by atoms with van der Waals surface area (Å²) in [5.74, 6) is 2.82. The molecule has 0 saturated heterocycles. The van der Waals surface area contributed by atoms with Crippen molar-refractivity contribution in [2.24, 2.45) is 34.1 Å². The minimum absolute atomic E-state index is 0.0887. The zero-order valence-electron chi connectivity index (χ0n) is 12.2. The van der Waals surface area contributed by atoms with Gasteiger partial charge in [0.1, 0.15) is 5.84 Å². The molecule has 0 spiro atoms. The molecule has 5 nitrogen and oxygen atoms in total. The van der Waals surface area contributed by atoms with Crippen molar-refractivity contribution in [1.82, 2.24) is 4.90 Å². The fourth-order valence-electron chi connectivity index (χ4n) is 5.21. The second kappa shape index (κ2) is 4.93. The first-order valence-corrected chi connectivity index (χ1v) is 7.74. The van der Waals surface area contributed by atoms with Gasteiger partial charge >= 0.3 is 0 Å². The normalized spacial score (nSPS) is 39.0. The number of carbonyl (C=O) groups excluding carboxylic acids is 1. The number of oxime groups is 1. The SMILES string of the molecule is CN(CC/C(N)=N/O)C(=O)C12CC3CC(CC(C3)C1)C2. The summed E-state index contributed by atoms with van der Waals surface area (Å²) in [7, 11) is 1.85. The van der Waals surface area contributed by atoms with Crippen LogP contribution in [0.2, 0.25) is 0 Å². The molecule has 0 heterocycles. The van der Waals surface area contributed by atoms with Crippen LogP contribution in [0.15, 0.2) is 5.16 Å². The summed E-state index contributed by atoms with van der Waals surface area (Å²) in [5.41, 5.74) is 5.40. The molecule has 5 heteroatoms. The Morgan fingerprint density at radius 1 is 1.25 bits per heavy atom. The van der Waals surface area contributed by atoms with Crippen molar-refractivity contribution in [3.8, 4) is 0 Å². The number of hydrogen-bond donors (Lipinski definition) is 2. The van der Waals surface area contributed by atoms with Crippen LogP contribution in [0, 0.1) is 23.2 Å². The molecule has 1 amide bonds. The second-order valence-electron chi connectivity index (χ2n) is 7.27. The van der Waals surface area contributed by atoms with Gasteiger partial charge in [-0.3, -0.25) is 4.79 Å². The summed E-state index contributed by atoms with van der Waals surface area (Å²) in [6.07, 6.45) is 7.75. The molecule has 0 radical (unpaired) electrons. The monoisotopic (exact) mass is 279 g/mol. The van der Waals surface area contributed by atoms with E-state index in [4.69, 9.17) is 10.9 Å². The Bertz CT molecular complexity index is 398. The van der Waals surface area contributed by atoms with Gasteiger partial charge in [0, 0.05) is 20.0 Å². The smallest absolute Gasteiger partial charge is 0.228 e. The van der Waals surface area contributed by atoms with Gasteiger partial charge < -0.3 is 15.8 Å². The predicted molar refractivity (Wildman–Crippen MR) is 76.3 cm³/mol. The van der Waals surface area contributed by atoms with Crippen molar-refractivity contribution < 1.29 is 10.0 Å². The van der Waals surface area contributed by atoms with Gasteiger partial charge in [-0.2, -0.15) is 0 Å². The van der Waals surface area contributed by atoms with E-state index in [9.17, 15) is 4.79 Å². The lowest BCUT2D eigenvalue weighted by atomic mass is 9.49. The van der Waals surface area contributed by atoms with E-state index in [0.717, 1.165) is 37.0 Å². The zero-order valence-corrected chi connectivity index (χ0v) is 12.2. The van der Waals surface area contributed by atoms with Gasteiger partial charge in [0.25, 0.3) is 0 Å². The lowest BCUT2D eigenvalue weighted by molar-refractivity contribution is -0.156. The van der Waals surface area contributed by atoms with Gasteiger partial charge in [-0.05, 0) is 56.3 Å². The lowest BCUT2D eigenvalue weighted by Crippen LogP contribution is -2.54. The molecule has 3 N–H and O–H groups in total. The minimum Gasteiger partial charge on any atom is -0.409 e. The Kier molecular flexibility index (Phi) is 3.38. The van der Waals surface area contributed by atoms with E-state index in [2.05, 4.69) is 5.16 Å². The third kappa shape index (κ3) is 2.27. The van der Waals surface area contributed by atoms with Crippen molar-refractivity contribution in [2.75, 3.05) is 13.6 Å². The van der Waals surface area contributed by atoms with E-state index in [1.807, 2.05) is 7.05 Å². The molecular weight excluding hydrogens is 254 g/mol. The predicted octanol–water partition coefficient (Wildman–Crippen LogP) is 1.80. The van der Waals surface area contributed by atoms with Crippen LogP contribution in [0.4, 0.5) is 0 Å². The van der Waals surface area contributed by atoms with Crippen molar-refractivity contribution in [3.63, 3.8) is 0 Å². The van der Waals surface area contributed by atoms with Crippen molar-refractivity contribution in [2.45, 2.75) is 44.9 Å². The first-order chi connectivity index (χ1) is 9.52. The van der Waals surface area contributed by atoms with E-state index in [1.54, 1.807) is 4.90 Å². The van der Waals surface area contributed by atoms with Gasteiger partial charge in [-0.1, -0.05) is 5.16 Å². The summed E-state index contributed by atoms with van der Waals surface area (Å²) in [6.45, 7) is 0.538. The summed E-state index contributed by atoms with van der Waals surface area (Å²) in [5, 5.41) is 11.5. The largest absolute Gasteiger partial charge is 0.409 e. The molecule has 0 unspecified atom stereocenters. The van der Waals surface area contributed by atoms with Crippen LogP contribution in [-0.4, -0.2) is 35.4 Å². The van der Waals surface area contributed by atoms with Gasteiger partial charge in [0.05, 0.1) is 5.41 Å². The number of rotatable bonds is 4. The summed E-state index contributed by atoms with van der Waals surface area (Å²) < 4.78 is 0. The Morgan fingerprint density at radius 2 is 1.75 bits per heavy atom. The number of hydrogen-bond acceptors (Lipinski definition) is 3. The van der Waals surface area contributed by atoms with Gasteiger partial charge in [-0.25, -0.2) is 0 Å². The molecule has 0 atom stereocenters. The molecular formula is C15H25N3O2.